The number of ether oxygens (including phenoxy) is 3. The lowest BCUT2D eigenvalue weighted by Gasteiger charge is -2.13. The molecule has 0 saturated heterocycles. The minimum atomic E-state index is 0.373. The molecule has 0 fully saturated rings. The van der Waals surface area contributed by atoms with Crippen molar-refractivity contribution in [1.82, 2.24) is 0 Å². The molecule has 4 nitrogen and oxygen atoms in total. The predicted molar refractivity (Wildman–Crippen MR) is 75.7 cm³/mol. The van der Waals surface area contributed by atoms with Gasteiger partial charge in [0.1, 0.15) is 23.9 Å². The number of rotatable bonds is 6. The van der Waals surface area contributed by atoms with E-state index >= 15 is 0 Å². The van der Waals surface area contributed by atoms with E-state index in [1.807, 2.05) is 30.3 Å². The quantitative estimate of drug-likeness (QED) is 0.758. The first-order valence-electron chi connectivity index (χ1n) is 6.16. The third-order valence-electron chi connectivity index (χ3n) is 2.89. The van der Waals surface area contributed by atoms with Crippen molar-refractivity contribution < 1.29 is 19.0 Å². The number of aldehydes is 1. The van der Waals surface area contributed by atoms with Crippen LogP contribution < -0.4 is 14.2 Å². The van der Waals surface area contributed by atoms with E-state index in [0.717, 1.165) is 11.8 Å². The van der Waals surface area contributed by atoms with Gasteiger partial charge in [0.15, 0.2) is 6.29 Å². The molecule has 2 rings (SSSR count). The van der Waals surface area contributed by atoms with Crippen molar-refractivity contribution in [2.24, 2.45) is 0 Å². The van der Waals surface area contributed by atoms with Crippen LogP contribution in [0.15, 0.2) is 42.5 Å². The van der Waals surface area contributed by atoms with E-state index < -0.39 is 0 Å². The Morgan fingerprint density at radius 1 is 1.00 bits per heavy atom. The van der Waals surface area contributed by atoms with Gasteiger partial charge in [-0.05, 0) is 5.56 Å². The monoisotopic (exact) mass is 272 g/mol. The molecule has 0 N–H and O–H groups in total. The fraction of sp³-hybridized carbons (Fsp3) is 0.188. The van der Waals surface area contributed by atoms with Crippen molar-refractivity contribution >= 4 is 6.29 Å². The molecule has 0 unspecified atom stereocenters. The van der Waals surface area contributed by atoms with E-state index in [1.54, 1.807) is 19.2 Å². The minimum Gasteiger partial charge on any atom is -0.496 e. The van der Waals surface area contributed by atoms with Gasteiger partial charge in [0.05, 0.1) is 19.8 Å². The maximum Gasteiger partial charge on any atom is 0.157 e. The molecule has 2 aromatic rings. The van der Waals surface area contributed by atoms with Gasteiger partial charge in [-0.15, -0.1) is 0 Å². The predicted octanol–water partition coefficient (Wildman–Crippen LogP) is 3.10. The van der Waals surface area contributed by atoms with Crippen LogP contribution >= 0.6 is 0 Å². The van der Waals surface area contributed by atoms with Crippen molar-refractivity contribution in [3.8, 4) is 17.2 Å². The molecule has 0 aliphatic heterocycles. The highest BCUT2D eigenvalue weighted by Gasteiger charge is 2.13. The molecule has 20 heavy (non-hydrogen) atoms. The SMILES string of the molecule is COc1cc(OC)c(C=O)c(OCc2ccccc2)c1. The Kier molecular flexibility index (Phi) is 4.60. The Bertz CT molecular complexity index is 579. The molecule has 0 aliphatic rings. The summed E-state index contributed by atoms with van der Waals surface area (Å²) in [4.78, 5) is 11.2. The van der Waals surface area contributed by atoms with Crippen LogP contribution in [0, 0.1) is 0 Å². The molecule has 0 aromatic heterocycles. The van der Waals surface area contributed by atoms with Crippen LogP contribution in [0.2, 0.25) is 0 Å². The van der Waals surface area contributed by atoms with Crippen molar-refractivity contribution in [3.63, 3.8) is 0 Å². The van der Waals surface area contributed by atoms with Crippen LogP contribution in [0.5, 0.6) is 17.2 Å². The Balaban J connectivity index is 2.27. The fourth-order valence-electron chi connectivity index (χ4n) is 1.83. The number of benzene rings is 2. The summed E-state index contributed by atoms with van der Waals surface area (Å²) in [6.07, 6.45) is 0.721. The van der Waals surface area contributed by atoms with Gasteiger partial charge in [-0.2, -0.15) is 0 Å². The first kappa shape index (κ1) is 13.9. The van der Waals surface area contributed by atoms with Crippen molar-refractivity contribution in [3.05, 3.63) is 53.6 Å². The van der Waals surface area contributed by atoms with Crippen LogP contribution in [-0.2, 0) is 6.61 Å². The Hall–Kier alpha value is -2.49. The zero-order chi connectivity index (χ0) is 14.4. The van der Waals surface area contributed by atoms with E-state index in [1.165, 1.54) is 7.11 Å². The van der Waals surface area contributed by atoms with Gasteiger partial charge in [0, 0.05) is 12.1 Å². The lowest BCUT2D eigenvalue weighted by atomic mass is 10.1. The summed E-state index contributed by atoms with van der Waals surface area (Å²) in [6.45, 7) is 0.373. The molecule has 0 amide bonds. The lowest BCUT2D eigenvalue weighted by Crippen LogP contribution is -2.01. The summed E-state index contributed by atoms with van der Waals surface area (Å²) in [6, 6.07) is 13.1. The van der Waals surface area contributed by atoms with Gasteiger partial charge in [-0.3, -0.25) is 4.79 Å². The molecule has 0 heterocycles. The Labute approximate surface area is 117 Å². The molecular weight excluding hydrogens is 256 g/mol. The van der Waals surface area contributed by atoms with E-state index in [0.29, 0.717) is 29.4 Å². The highest BCUT2D eigenvalue weighted by Crippen LogP contribution is 2.33. The van der Waals surface area contributed by atoms with Gasteiger partial charge >= 0.3 is 0 Å². The average molecular weight is 272 g/mol. The first-order valence-corrected chi connectivity index (χ1v) is 6.16. The van der Waals surface area contributed by atoms with Gasteiger partial charge in [-0.1, -0.05) is 30.3 Å². The molecule has 104 valence electrons. The van der Waals surface area contributed by atoms with E-state index in [4.69, 9.17) is 14.2 Å². The summed E-state index contributed by atoms with van der Waals surface area (Å²) >= 11 is 0. The third-order valence-corrected chi connectivity index (χ3v) is 2.89. The molecule has 2 aromatic carbocycles. The zero-order valence-electron chi connectivity index (χ0n) is 11.5. The Morgan fingerprint density at radius 2 is 1.70 bits per heavy atom. The number of carbonyl (C=O) groups is 1. The van der Waals surface area contributed by atoms with Gasteiger partial charge < -0.3 is 14.2 Å². The van der Waals surface area contributed by atoms with Gasteiger partial charge in [0.2, 0.25) is 0 Å². The van der Waals surface area contributed by atoms with Crippen LogP contribution in [0.4, 0.5) is 0 Å². The fourth-order valence-corrected chi connectivity index (χ4v) is 1.83. The minimum absolute atomic E-state index is 0.373. The average Bonchev–Trinajstić information content (AvgIpc) is 2.52. The van der Waals surface area contributed by atoms with Crippen LogP contribution in [0.1, 0.15) is 15.9 Å². The maximum atomic E-state index is 11.2. The summed E-state index contributed by atoms with van der Waals surface area (Å²) < 4.78 is 16.1. The number of carbonyl (C=O) groups excluding carboxylic acids is 1. The van der Waals surface area contributed by atoms with Crippen LogP contribution in [0.25, 0.3) is 0 Å². The maximum absolute atomic E-state index is 11.2. The molecule has 0 atom stereocenters. The number of hydrogen-bond donors (Lipinski definition) is 0. The van der Waals surface area contributed by atoms with Crippen molar-refractivity contribution in [1.29, 1.82) is 0 Å². The topological polar surface area (TPSA) is 44.8 Å². The molecule has 0 bridgehead atoms. The second kappa shape index (κ2) is 6.61. The second-order valence-electron chi connectivity index (χ2n) is 4.13. The van der Waals surface area contributed by atoms with Crippen LogP contribution in [-0.4, -0.2) is 20.5 Å². The normalized spacial score (nSPS) is 9.90. The van der Waals surface area contributed by atoms with E-state index in [2.05, 4.69) is 0 Å². The largest absolute Gasteiger partial charge is 0.496 e. The van der Waals surface area contributed by atoms with Crippen molar-refractivity contribution in [2.45, 2.75) is 6.61 Å². The smallest absolute Gasteiger partial charge is 0.157 e. The summed E-state index contributed by atoms with van der Waals surface area (Å²) in [5, 5.41) is 0. The molecule has 0 spiro atoms. The highest BCUT2D eigenvalue weighted by atomic mass is 16.5. The molecule has 0 aliphatic carbocycles. The van der Waals surface area contributed by atoms with Crippen molar-refractivity contribution in [2.75, 3.05) is 14.2 Å². The molecule has 4 heteroatoms. The van der Waals surface area contributed by atoms with Gasteiger partial charge in [-0.25, -0.2) is 0 Å². The third kappa shape index (κ3) is 3.09. The van der Waals surface area contributed by atoms with Crippen LogP contribution in [0.3, 0.4) is 0 Å². The summed E-state index contributed by atoms with van der Waals surface area (Å²) in [7, 11) is 3.05. The van der Waals surface area contributed by atoms with E-state index in [-0.39, 0.29) is 0 Å². The van der Waals surface area contributed by atoms with E-state index in [9.17, 15) is 4.79 Å². The lowest BCUT2D eigenvalue weighted by molar-refractivity contribution is 0.111. The van der Waals surface area contributed by atoms with Gasteiger partial charge in [0.25, 0.3) is 0 Å². The molecule has 0 radical (unpaired) electrons. The highest BCUT2D eigenvalue weighted by molar-refractivity contribution is 5.84. The standard InChI is InChI=1S/C16H16O4/c1-18-13-8-15(19-2)14(10-17)16(9-13)20-11-12-6-4-3-5-7-12/h3-10H,11H2,1-2H3. The number of hydrogen-bond acceptors (Lipinski definition) is 4. The molecular formula is C16H16O4. The number of methoxy groups -OCH3 is 2. The first-order chi connectivity index (χ1) is 9.78. The molecule has 0 saturated carbocycles. The summed E-state index contributed by atoms with van der Waals surface area (Å²) in [5.74, 6) is 1.46. The second-order valence-corrected chi connectivity index (χ2v) is 4.13. The Morgan fingerprint density at radius 3 is 2.30 bits per heavy atom. The zero-order valence-corrected chi connectivity index (χ0v) is 11.5. The summed E-state index contributed by atoms with van der Waals surface area (Å²) in [5.41, 5.74) is 1.40.